The summed E-state index contributed by atoms with van der Waals surface area (Å²) in [6.45, 7) is 5.29. The van der Waals surface area contributed by atoms with Crippen LogP contribution in [-0.4, -0.2) is 26.1 Å². The van der Waals surface area contributed by atoms with Gasteiger partial charge >= 0.3 is 0 Å². The first-order valence-electron chi connectivity index (χ1n) is 8.92. The summed E-state index contributed by atoms with van der Waals surface area (Å²) < 4.78 is 5.15. The summed E-state index contributed by atoms with van der Waals surface area (Å²) in [4.78, 5) is 12.3. The molecule has 0 aliphatic carbocycles. The zero-order valence-electron chi connectivity index (χ0n) is 15.4. The topological polar surface area (TPSA) is 50.4 Å². The van der Waals surface area contributed by atoms with Gasteiger partial charge in [-0.25, -0.2) is 0 Å². The Bertz CT molecular complexity index is 659. The fourth-order valence-electron chi connectivity index (χ4n) is 2.81. The monoisotopic (exact) mass is 340 g/mol. The summed E-state index contributed by atoms with van der Waals surface area (Å²) in [5.41, 5.74) is 4.57. The number of aryl methyl sites for hydroxylation is 2. The highest BCUT2D eigenvalue weighted by molar-refractivity contribution is 5.93. The average molecular weight is 340 g/mol. The Morgan fingerprint density at radius 2 is 1.64 bits per heavy atom. The smallest absolute Gasteiger partial charge is 0.238 e. The molecule has 0 saturated carbocycles. The van der Waals surface area contributed by atoms with E-state index in [0.29, 0.717) is 6.54 Å². The van der Waals surface area contributed by atoms with Gasteiger partial charge in [0.05, 0.1) is 13.7 Å². The number of para-hydroxylation sites is 1. The molecule has 4 heteroatoms. The average Bonchev–Trinajstić information content (AvgIpc) is 2.65. The molecule has 0 unspecified atom stereocenters. The first kappa shape index (κ1) is 19.0. The number of benzene rings is 2. The van der Waals surface area contributed by atoms with E-state index in [9.17, 15) is 4.79 Å². The summed E-state index contributed by atoms with van der Waals surface area (Å²) in [5, 5.41) is 6.29. The summed E-state index contributed by atoms with van der Waals surface area (Å²) in [6, 6.07) is 14.2. The van der Waals surface area contributed by atoms with Gasteiger partial charge in [-0.1, -0.05) is 44.2 Å². The Morgan fingerprint density at radius 3 is 2.20 bits per heavy atom. The van der Waals surface area contributed by atoms with Crippen LogP contribution >= 0.6 is 0 Å². The number of methoxy groups -OCH3 is 1. The SMILES string of the molecule is CCc1cccc(CC)c1NC(=O)CNCCc1ccc(OC)cc1. The minimum Gasteiger partial charge on any atom is -0.497 e. The van der Waals surface area contributed by atoms with Gasteiger partial charge in [-0.05, 0) is 54.6 Å². The maximum Gasteiger partial charge on any atom is 0.238 e. The van der Waals surface area contributed by atoms with E-state index in [-0.39, 0.29) is 5.91 Å². The van der Waals surface area contributed by atoms with Crippen molar-refractivity contribution in [1.82, 2.24) is 5.32 Å². The van der Waals surface area contributed by atoms with Crippen molar-refractivity contribution in [3.63, 3.8) is 0 Å². The molecule has 0 aliphatic rings. The summed E-state index contributed by atoms with van der Waals surface area (Å²) >= 11 is 0. The van der Waals surface area contributed by atoms with Crippen LogP contribution in [0.4, 0.5) is 5.69 Å². The summed E-state index contributed by atoms with van der Waals surface area (Å²) in [6.07, 6.45) is 2.70. The third-order valence-corrected chi connectivity index (χ3v) is 4.30. The van der Waals surface area contributed by atoms with Crippen molar-refractivity contribution in [3.05, 3.63) is 59.2 Å². The van der Waals surface area contributed by atoms with Crippen LogP contribution < -0.4 is 15.4 Å². The highest BCUT2D eigenvalue weighted by atomic mass is 16.5. The van der Waals surface area contributed by atoms with Crippen molar-refractivity contribution in [2.24, 2.45) is 0 Å². The Hall–Kier alpha value is -2.33. The van der Waals surface area contributed by atoms with Gasteiger partial charge in [0.25, 0.3) is 0 Å². The maximum atomic E-state index is 12.3. The number of carbonyl (C=O) groups excluding carboxylic acids is 1. The molecule has 2 rings (SSSR count). The number of hydrogen-bond donors (Lipinski definition) is 2. The van der Waals surface area contributed by atoms with Crippen LogP contribution in [0.5, 0.6) is 5.75 Å². The van der Waals surface area contributed by atoms with Crippen LogP contribution in [0.25, 0.3) is 0 Å². The van der Waals surface area contributed by atoms with Gasteiger partial charge < -0.3 is 15.4 Å². The number of amides is 1. The molecule has 2 aromatic carbocycles. The van der Waals surface area contributed by atoms with Gasteiger partial charge in [0, 0.05) is 5.69 Å². The predicted octanol–water partition coefficient (Wildman–Crippen LogP) is 3.59. The number of carbonyl (C=O) groups is 1. The van der Waals surface area contributed by atoms with E-state index < -0.39 is 0 Å². The van der Waals surface area contributed by atoms with E-state index in [1.165, 1.54) is 16.7 Å². The second-order valence-corrected chi connectivity index (χ2v) is 5.98. The van der Waals surface area contributed by atoms with Crippen LogP contribution in [0.15, 0.2) is 42.5 Å². The van der Waals surface area contributed by atoms with Gasteiger partial charge in [0.15, 0.2) is 0 Å². The lowest BCUT2D eigenvalue weighted by atomic mass is 10.0. The Morgan fingerprint density at radius 1 is 1.00 bits per heavy atom. The number of hydrogen-bond acceptors (Lipinski definition) is 3. The lowest BCUT2D eigenvalue weighted by Crippen LogP contribution is -2.30. The third-order valence-electron chi connectivity index (χ3n) is 4.30. The maximum absolute atomic E-state index is 12.3. The second-order valence-electron chi connectivity index (χ2n) is 5.98. The molecule has 0 saturated heterocycles. The van der Waals surface area contributed by atoms with Crippen LogP contribution in [-0.2, 0) is 24.1 Å². The third kappa shape index (κ3) is 5.61. The molecule has 2 N–H and O–H groups in total. The van der Waals surface area contributed by atoms with Gasteiger partial charge in [-0.15, -0.1) is 0 Å². The fraction of sp³-hybridized carbons (Fsp3) is 0.381. The predicted molar refractivity (Wildman–Crippen MR) is 103 cm³/mol. The molecule has 0 fully saturated rings. The van der Waals surface area contributed by atoms with Crippen molar-refractivity contribution in [2.45, 2.75) is 33.1 Å². The largest absolute Gasteiger partial charge is 0.497 e. The normalized spacial score (nSPS) is 10.5. The molecule has 0 spiro atoms. The highest BCUT2D eigenvalue weighted by Crippen LogP contribution is 2.22. The molecular formula is C21H28N2O2. The number of ether oxygens (including phenoxy) is 1. The number of nitrogens with one attached hydrogen (secondary N) is 2. The van der Waals surface area contributed by atoms with Crippen molar-refractivity contribution in [2.75, 3.05) is 25.5 Å². The van der Waals surface area contributed by atoms with E-state index >= 15 is 0 Å². The van der Waals surface area contributed by atoms with E-state index in [0.717, 1.165) is 37.2 Å². The fourth-order valence-corrected chi connectivity index (χ4v) is 2.81. The Kier molecular flexibility index (Phi) is 7.48. The molecule has 0 heterocycles. The molecule has 0 atom stereocenters. The van der Waals surface area contributed by atoms with Gasteiger partial charge in [-0.2, -0.15) is 0 Å². The first-order chi connectivity index (χ1) is 12.2. The van der Waals surface area contributed by atoms with E-state index in [1.807, 2.05) is 24.3 Å². The first-order valence-corrected chi connectivity index (χ1v) is 8.92. The number of anilines is 1. The lowest BCUT2D eigenvalue weighted by molar-refractivity contribution is -0.115. The molecule has 134 valence electrons. The molecule has 2 aromatic rings. The molecule has 1 amide bonds. The van der Waals surface area contributed by atoms with Crippen molar-refractivity contribution < 1.29 is 9.53 Å². The molecule has 4 nitrogen and oxygen atoms in total. The molecule has 0 radical (unpaired) electrons. The van der Waals surface area contributed by atoms with Gasteiger partial charge in [-0.3, -0.25) is 4.79 Å². The summed E-state index contributed by atoms with van der Waals surface area (Å²) in [5.74, 6) is 0.864. The van der Waals surface area contributed by atoms with Gasteiger partial charge in [0.1, 0.15) is 5.75 Å². The summed E-state index contributed by atoms with van der Waals surface area (Å²) in [7, 11) is 1.66. The quantitative estimate of drug-likeness (QED) is 0.686. The van der Waals surface area contributed by atoms with E-state index in [4.69, 9.17) is 4.74 Å². The minimum atomic E-state index is 0.00494. The molecular weight excluding hydrogens is 312 g/mol. The lowest BCUT2D eigenvalue weighted by Gasteiger charge is -2.14. The van der Waals surface area contributed by atoms with Crippen LogP contribution in [0.1, 0.15) is 30.5 Å². The zero-order valence-corrected chi connectivity index (χ0v) is 15.4. The van der Waals surface area contributed by atoms with Crippen LogP contribution in [0.3, 0.4) is 0 Å². The number of rotatable bonds is 9. The minimum absolute atomic E-state index is 0.00494. The zero-order chi connectivity index (χ0) is 18.1. The Labute approximate surface area is 150 Å². The van der Waals surface area contributed by atoms with Crippen molar-refractivity contribution in [1.29, 1.82) is 0 Å². The molecule has 0 aliphatic heterocycles. The highest BCUT2D eigenvalue weighted by Gasteiger charge is 2.09. The van der Waals surface area contributed by atoms with Crippen LogP contribution in [0.2, 0.25) is 0 Å². The standard InChI is InChI=1S/C21H28N2O2/c1-4-17-7-6-8-18(5-2)21(17)23-20(24)15-22-14-13-16-9-11-19(25-3)12-10-16/h6-12,22H,4-5,13-15H2,1-3H3,(H,23,24). The Balaban J connectivity index is 1.81. The van der Waals surface area contributed by atoms with Gasteiger partial charge in [0.2, 0.25) is 5.91 Å². The second kappa shape index (κ2) is 9.84. The molecule has 0 bridgehead atoms. The molecule has 25 heavy (non-hydrogen) atoms. The van der Waals surface area contributed by atoms with E-state index in [2.05, 4.69) is 42.7 Å². The van der Waals surface area contributed by atoms with Crippen molar-refractivity contribution in [3.8, 4) is 5.75 Å². The molecule has 0 aromatic heterocycles. The van der Waals surface area contributed by atoms with Crippen molar-refractivity contribution >= 4 is 11.6 Å². The van der Waals surface area contributed by atoms with E-state index in [1.54, 1.807) is 7.11 Å². The van der Waals surface area contributed by atoms with Crippen LogP contribution in [0, 0.1) is 0 Å².